The van der Waals surface area contributed by atoms with Crippen LogP contribution in [-0.4, -0.2) is 46.7 Å². The SMILES string of the molecule is CC(OC(=O)C1CCN(C(=O)c2cccs2)CC1)C(=O)c1c[nH]c2ccccc12. The number of fused-ring (bicyclic) bond motifs is 1. The van der Waals surface area contributed by atoms with Gasteiger partial charge in [-0.3, -0.25) is 14.4 Å². The molecule has 1 saturated heterocycles. The Morgan fingerprint density at radius 2 is 1.90 bits per heavy atom. The zero-order chi connectivity index (χ0) is 20.4. The van der Waals surface area contributed by atoms with Crippen molar-refractivity contribution in [1.82, 2.24) is 9.88 Å². The third kappa shape index (κ3) is 3.96. The summed E-state index contributed by atoms with van der Waals surface area (Å²) in [4.78, 5) is 43.3. The number of aromatic amines is 1. The number of likely N-dealkylation sites (tertiary alicyclic amines) is 1. The predicted octanol–water partition coefficient (Wildman–Crippen LogP) is 3.90. The summed E-state index contributed by atoms with van der Waals surface area (Å²) in [5.41, 5.74) is 1.40. The fourth-order valence-corrected chi connectivity index (χ4v) is 4.38. The van der Waals surface area contributed by atoms with Crippen LogP contribution in [0.2, 0.25) is 0 Å². The lowest BCUT2D eigenvalue weighted by Crippen LogP contribution is -2.41. The van der Waals surface area contributed by atoms with Crippen molar-refractivity contribution in [2.45, 2.75) is 25.9 Å². The molecule has 3 heterocycles. The molecule has 1 atom stereocenters. The molecule has 7 heteroatoms. The van der Waals surface area contributed by atoms with Gasteiger partial charge in [0, 0.05) is 35.8 Å². The van der Waals surface area contributed by atoms with Gasteiger partial charge in [0.2, 0.25) is 5.78 Å². The van der Waals surface area contributed by atoms with Crippen molar-refractivity contribution in [2.75, 3.05) is 13.1 Å². The quantitative estimate of drug-likeness (QED) is 0.511. The number of carbonyl (C=O) groups is 3. The van der Waals surface area contributed by atoms with E-state index in [0.717, 1.165) is 10.9 Å². The summed E-state index contributed by atoms with van der Waals surface area (Å²) < 4.78 is 5.49. The molecule has 1 aliphatic heterocycles. The molecular formula is C22H22N2O4S. The van der Waals surface area contributed by atoms with Crippen molar-refractivity contribution in [3.8, 4) is 0 Å². The normalized spacial score (nSPS) is 16.0. The number of ketones is 1. The van der Waals surface area contributed by atoms with Gasteiger partial charge in [0.15, 0.2) is 6.10 Å². The second-order valence-electron chi connectivity index (χ2n) is 7.24. The van der Waals surface area contributed by atoms with E-state index in [9.17, 15) is 14.4 Å². The Bertz CT molecular complexity index is 1030. The molecule has 3 aromatic rings. The highest BCUT2D eigenvalue weighted by Gasteiger charge is 2.31. The molecule has 2 aromatic heterocycles. The van der Waals surface area contributed by atoms with Crippen LogP contribution >= 0.6 is 11.3 Å². The van der Waals surface area contributed by atoms with E-state index in [-0.39, 0.29) is 23.6 Å². The second kappa shape index (κ2) is 8.21. The first-order chi connectivity index (χ1) is 14.0. The van der Waals surface area contributed by atoms with Crippen molar-refractivity contribution in [3.63, 3.8) is 0 Å². The van der Waals surface area contributed by atoms with E-state index in [1.807, 2.05) is 41.8 Å². The van der Waals surface area contributed by atoms with Gasteiger partial charge in [-0.15, -0.1) is 11.3 Å². The Balaban J connectivity index is 1.33. The summed E-state index contributed by atoms with van der Waals surface area (Å²) in [6, 6.07) is 11.2. The van der Waals surface area contributed by atoms with Crippen LogP contribution in [0.25, 0.3) is 10.9 Å². The third-order valence-electron chi connectivity index (χ3n) is 5.36. The molecule has 1 fully saturated rings. The van der Waals surface area contributed by atoms with E-state index in [4.69, 9.17) is 4.74 Å². The number of nitrogens with zero attached hydrogens (tertiary/aromatic N) is 1. The summed E-state index contributed by atoms with van der Waals surface area (Å²) in [5, 5.41) is 2.70. The lowest BCUT2D eigenvalue weighted by Gasteiger charge is -2.31. The highest BCUT2D eigenvalue weighted by atomic mass is 32.1. The molecule has 1 aliphatic rings. The molecule has 6 nitrogen and oxygen atoms in total. The van der Waals surface area contributed by atoms with Crippen LogP contribution in [0.5, 0.6) is 0 Å². The molecule has 0 radical (unpaired) electrons. The number of esters is 1. The first kappa shape index (κ1) is 19.4. The molecule has 0 aliphatic carbocycles. The second-order valence-corrected chi connectivity index (χ2v) is 8.18. The Hall–Kier alpha value is -2.93. The first-order valence-corrected chi connectivity index (χ1v) is 10.6. The predicted molar refractivity (Wildman–Crippen MR) is 111 cm³/mol. The molecule has 1 amide bonds. The van der Waals surface area contributed by atoms with Gasteiger partial charge >= 0.3 is 5.97 Å². The van der Waals surface area contributed by atoms with E-state index in [1.165, 1.54) is 11.3 Å². The number of hydrogen-bond donors (Lipinski definition) is 1. The molecule has 0 spiro atoms. The molecule has 1 N–H and O–H groups in total. The lowest BCUT2D eigenvalue weighted by molar-refractivity contribution is -0.152. The maximum atomic E-state index is 12.8. The number of para-hydroxylation sites is 1. The van der Waals surface area contributed by atoms with Crippen molar-refractivity contribution in [1.29, 1.82) is 0 Å². The number of piperidine rings is 1. The Morgan fingerprint density at radius 1 is 1.14 bits per heavy atom. The van der Waals surface area contributed by atoms with Crippen LogP contribution in [0.4, 0.5) is 0 Å². The smallest absolute Gasteiger partial charge is 0.309 e. The largest absolute Gasteiger partial charge is 0.454 e. The average molecular weight is 410 g/mol. The summed E-state index contributed by atoms with van der Waals surface area (Å²) >= 11 is 1.42. The van der Waals surface area contributed by atoms with Crippen LogP contribution in [-0.2, 0) is 9.53 Å². The Kier molecular flexibility index (Phi) is 5.49. The highest BCUT2D eigenvalue weighted by Crippen LogP contribution is 2.24. The minimum Gasteiger partial charge on any atom is -0.454 e. The maximum Gasteiger partial charge on any atom is 0.309 e. The highest BCUT2D eigenvalue weighted by molar-refractivity contribution is 7.12. The molecule has 29 heavy (non-hydrogen) atoms. The van der Waals surface area contributed by atoms with Gasteiger partial charge in [0.1, 0.15) is 0 Å². The number of H-pyrrole nitrogens is 1. The number of thiophene rings is 1. The van der Waals surface area contributed by atoms with Crippen molar-refractivity contribution < 1.29 is 19.1 Å². The van der Waals surface area contributed by atoms with Gasteiger partial charge < -0.3 is 14.6 Å². The van der Waals surface area contributed by atoms with Gasteiger partial charge in [0.25, 0.3) is 5.91 Å². The number of Topliss-reactive ketones (excluding diaryl/α,β-unsaturated/α-hetero) is 1. The number of carbonyl (C=O) groups excluding carboxylic acids is 3. The fraction of sp³-hybridized carbons (Fsp3) is 0.318. The van der Waals surface area contributed by atoms with Crippen molar-refractivity contribution >= 4 is 39.9 Å². The van der Waals surface area contributed by atoms with Crippen LogP contribution in [0.3, 0.4) is 0 Å². The number of nitrogens with one attached hydrogen (secondary N) is 1. The number of aromatic nitrogens is 1. The van der Waals surface area contributed by atoms with E-state index in [2.05, 4.69) is 4.98 Å². The van der Waals surface area contributed by atoms with E-state index >= 15 is 0 Å². The number of rotatable bonds is 5. The molecule has 4 rings (SSSR count). The summed E-state index contributed by atoms with van der Waals surface area (Å²) in [5.74, 6) is -0.870. The number of benzene rings is 1. The van der Waals surface area contributed by atoms with E-state index in [1.54, 1.807) is 18.0 Å². The number of amides is 1. The Morgan fingerprint density at radius 3 is 2.62 bits per heavy atom. The minimum atomic E-state index is -0.854. The standard InChI is InChI=1S/C22H22N2O4S/c1-14(20(25)17-13-23-18-6-3-2-5-16(17)18)28-22(27)15-8-10-24(11-9-15)21(26)19-7-4-12-29-19/h2-7,12-15,23H,8-11H2,1H3. The molecule has 150 valence electrons. The van der Waals surface area contributed by atoms with Crippen LogP contribution in [0.1, 0.15) is 39.8 Å². The summed E-state index contributed by atoms with van der Waals surface area (Å²) in [7, 11) is 0. The maximum absolute atomic E-state index is 12.8. The fourth-order valence-electron chi connectivity index (χ4n) is 3.69. The van der Waals surface area contributed by atoms with Gasteiger partial charge in [-0.05, 0) is 37.3 Å². The molecule has 0 saturated carbocycles. The van der Waals surface area contributed by atoms with Gasteiger partial charge in [-0.25, -0.2) is 0 Å². The van der Waals surface area contributed by atoms with Crippen molar-refractivity contribution in [3.05, 3.63) is 58.4 Å². The van der Waals surface area contributed by atoms with E-state index < -0.39 is 6.10 Å². The third-order valence-corrected chi connectivity index (χ3v) is 6.22. The number of hydrogen-bond acceptors (Lipinski definition) is 5. The topological polar surface area (TPSA) is 79.5 Å². The lowest BCUT2D eigenvalue weighted by atomic mass is 9.96. The Labute approximate surface area is 172 Å². The summed E-state index contributed by atoms with van der Waals surface area (Å²) in [6.45, 7) is 2.64. The van der Waals surface area contributed by atoms with Gasteiger partial charge in [-0.2, -0.15) is 0 Å². The summed E-state index contributed by atoms with van der Waals surface area (Å²) in [6.07, 6.45) is 1.90. The molecular weight excluding hydrogens is 388 g/mol. The zero-order valence-corrected chi connectivity index (χ0v) is 16.9. The minimum absolute atomic E-state index is 0.00898. The zero-order valence-electron chi connectivity index (χ0n) is 16.1. The van der Waals surface area contributed by atoms with Crippen LogP contribution < -0.4 is 0 Å². The van der Waals surface area contributed by atoms with Gasteiger partial charge in [-0.1, -0.05) is 24.3 Å². The van der Waals surface area contributed by atoms with E-state index in [0.29, 0.717) is 36.4 Å². The monoisotopic (exact) mass is 410 g/mol. The molecule has 0 bridgehead atoms. The van der Waals surface area contributed by atoms with Crippen molar-refractivity contribution in [2.24, 2.45) is 5.92 Å². The first-order valence-electron chi connectivity index (χ1n) is 9.68. The average Bonchev–Trinajstić information content (AvgIpc) is 3.43. The number of ether oxygens (including phenoxy) is 1. The van der Waals surface area contributed by atoms with Gasteiger partial charge in [0.05, 0.1) is 10.8 Å². The molecule has 1 unspecified atom stereocenters. The van der Waals surface area contributed by atoms with Crippen LogP contribution in [0, 0.1) is 5.92 Å². The molecule has 1 aromatic carbocycles. The van der Waals surface area contributed by atoms with Crippen LogP contribution in [0.15, 0.2) is 48.0 Å².